The van der Waals surface area contributed by atoms with E-state index in [2.05, 4.69) is 103 Å². The lowest BCUT2D eigenvalue weighted by Crippen LogP contribution is -2.49. The summed E-state index contributed by atoms with van der Waals surface area (Å²) in [5, 5.41) is 10.5. The van der Waals surface area contributed by atoms with Crippen molar-refractivity contribution in [2.75, 3.05) is 0 Å². The van der Waals surface area contributed by atoms with Gasteiger partial charge in [-0.2, -0.15) is 0 Å². The zero-order chi connectivity index (χ0) is 24.2. The third-order valence-corrected chi connectivity index (χ3v) is 10.8. The van der Waals surface area contributed by atoms with Gasteiger partial charge in [-0.3, -0.25) is 0 Å². The predicted octanol–water partition coefficient (Wildman–Crippen LogP) is 6.75. The molecule has 4 heteroatoms. The second-order valence-electron chi connectivity index (χ2n) is 9.83. The maximum Gasteiger partial charge on any atom is 0.309 e. The molecule has 0 radical (unpaired) electrons. The molecule has 0 fully saturated rings. The van der Waals surface area contributed by atoms with Crippen LogP contribution in [-0.4, -0.2) is 23.8 Å². The fourth-order valence-corrected chi connectivity index (χ4v) is 8.19. The SMILES string of the molecule is CC(C)(O)C(C)(C)OBc1cccc(S(C2=CCCC=C2)(c2ccccc2)c2ccccc2)c1. The molecule has 0 bridgehead atoms. The van der Waals surface area contributed by atoms with Gasteiger partial charge in [-0.1, -0.05) is 78.3 Å². The Morgan fingerprint density at radius 2 is 1.35 bits per heavy atom. The van der Waals surface area contributed by atoms with Gasteiger partial charge in [0.15, 0.2) is 0 Å². The lowest BCUT2D eigenvalue weighted by molar-refractivity contribution is -0.0893. The van der Waals surface area contributed by atoms with Crippen molar-refractivity contribution in [2.45, 2.75) is 66.4 Å². The summed E-state index contributed by atoms with van der Waals surface area (Å²) in [5.74, 6) is 0. The van der Waals surface area contributed by atoms with Crippen molar-refractivity contribution in [3.05, 3.63) is 108 Å². The molecule has 3 aromatic rings. The van der Waals surface area contributed by atoms with Crippen LogP contribution in [0.5, 0.6) is 0 Å². The van der Waals surface area contributed by atoms with E-state index in [-0.39, 0.29) is 0 Å². The summed E-state index contributed by atoms with van der Waals surface area (Å²) in [7, 11) is -1.23. The molecule has 34 heavy (non-hydrogen) atoms. The molecule has 1 aliphatic rings. The van der Waals surface area contributed by atoms with E-state index in [1.165, 1.54) is 19.6 Å². The van der Waals surface area contributed by atoms with Crippen LogP contribution < -0.4 is 5.46 Å². The van der Waals surface area contributed by atoms with Crippen LogP contribution in [-0.2, 0) is 4.65 Å². The highest BCUT2D eigenvalue weighted by atomic mass is 32.3. The lowest BCUT2D eigenvalue weighted by atomic mass is 9.83. The standard InChI is InChI=1S/C30H35BO2S/c1-29(2,32)30(3,4)33-31-24-15-14-22-28(23-24)34(25-16-8-5-9-17-25,26-18-10-6-11-19-26)27-20-12-7-13-21-27/h5-6,8-12,14-23,31-32H,7,13H2,1-4H3. The number of rotatable bonds is 8. The first kappa shape index (κ1) is 24.6. The quantitative estimate of drug-likeness (QED) is 0.369. The Labute approximate surface area is 207 Å². The van der Waals surface area contributed by atoms with Gasteiger partial charge in [0.25, 0.3) is 0 Å². The van der Waals surface area contributed by atoms with Crippen LogP contribution in [0.2, 0.25) is 0 Å². The average Bonchev–Trinajstić information content (AvgIpc) is 2.85. The molecule has 0 amide bonds. The van der Waals surface area contributed by atoms with Gasteiger partial charge in [-0.05, 0) is 75.8 Å². The Balaban J connectivity index is 1.88. The first-order valence-electron chi connectivity index (χ1n) is 12.0. The molecule has 0 saturated carbocycles. The Hall–Kier alpha value is -2.53. The van der Waals surface area contributed by atoms with Crippen molar-refractivity contribution >= 4 is 23.0 Å². The lowest BCUT2D eigenvalue weighted by Gasteiger charge is -2.43. The highest BCUT2D eigenvalue weighted by Crippen LogP contribution is 2.73. The third kappa shape index (κ3) is 4.81. The normalized spacial score (nSPS) is 15.0. The van der Waals surface area contributed by atoms with Crippen LogP contribution in [0.1, 0.15) is 40.5 Å². The molecule has 0 spiro atoms. The summed E-state index contributed by atoms with van der Waals surface area (Å²) in [6.45, 7) is 7.48. The summed E-state index contributed by atoms with van der Waals surface area (Å²) in [4.78, 5) is 5.33. The van der Waals surface area contributed by atoms with E-state index in [1.807, 2.05) is 13.8 Å². The summed E-state index contributed by atoms with van der Waals surface area (Å²) in [5.41, 5.74) is -0.495. The predicted molar refractivity (Wildman–Crippen MR) is 146 cm³/mol. The fourth-order valence-electron chi connectivity index (χ4n) is 4.15. The molecule has 3 aromatic carbocycles. The van der Waals surface area contributed by atoms with Crippen LogP contribution in [0, 0.1) is 0 Å². The number of aliphatic hydroxyl groups is 1. The molecular formula is C30H35BO2S. The van der Waals surface area contributed by atoms with Gasteiger partial charge in [-0.25, -0.2) is 0 Å². The molecule has 0 unspecified atom stereocenters. The van der Waals surface area contributed by atoms with E-state index >= 15 is 0 Å². The van der Waals surface area contributed by atoms with Crippen LogP contribution >= 0.6 is 10.0 Å². The van der Waals surface area contributed by atoms with Gasteiger partial charge in [0, 0.05) is 14.7 Å². The van der Waals surface area contributed by atoms with E-state index in [0.29, 0.717) is 7.48 Å². The summed E-state index contributed by atoms with van der Waals surface area (Å²) < 4.78 is 6.24. The molecule has 0 atom stereocenters. The second-order valence-corrected chi connectivity index (χ2v) is 12.9. The van der Waals surface area contributed by atoms with Crippen LogP contribution in [0.15, 0.2) is 123 Å². The van der Waals surface area contributed by atoms with Crippen LogP contribution in [0.25, 0.3) is 0 Å². The molecule has 1 aliphatic carbocycles. The van der Waals surface area contributed by atoms with Crippen molar-refractivity contribution in [1.29, 1.82) is 0 Å². The minimum Gasteiger partial charge on any atom is -0.427 e. The number of hydrogen-bond donors (Lipinski definition) is 1. The van der Waals surface area contributed by atoms with E-state index in [4.69, 9.17) is 4.65 Å². The topological polar surface area (TPSA) is 29.5 Å². The Bertz CT molecular complexity index is 1120. The van der Waals surface area contributed by atoms with Crippen molar-refractivity contribution in [3.8, 4) is 0 Å². The molecular weight excluding hydrogens is 435 g/mol. The van der Waals surface area contributed by atoms with E-state index in [1.54, 1.807) is 13.8 Å². The Morgan fingerprint density at radius 3 is 1.88 bits per heavy atom. The van der Waals surface area contributed by atoms with Gasteiger partial charge in [0.1, 0.15) is 0 Å². The third-order valence-electron chi connectivity index (χ3n) is 6.83. The summed E-state index contributed by atoms with van der Waals surface area (Å²) >= 11 is 0. The zero-order valence-corrected chi connectivity index (χ0v) is 21.5. The molecule has 1 N–H and O–H groups in total. The number of hydrogen-bond acceptors (Lipinski definition) is 2. The van der Waals surface area contributed by atoms with Gasteiger partial charge >= 0.3 is 7.48 Å². The number of benzene rings is 3. The van der Waals surface area contributed by atoms with Crippen molar-refractivity contribution in [2.24, 2.45) is 0 Å². The highest BCUT2D eigenvalue weighted by Gasteiger charge is 2.37. The smallest absolute Gasteiger partial charge is 0.309 e. The molecule has 0 aromatic heterocycles. The molecule has 2 nitrogen and oxygen atoms in total. The van der Waals surface area contributed by atoms with E-state index in [0.717, 1.165) is 18.3 Å². The molecule has 0 saturated heterocycles. The van der Waals surface area contributed by atoms with Crippen molar-refractivity contribution in [1.82, 2.24) is 0 Å². The first-order valence-corrected chi connectivity index (χ1v) is 13.6. The number of allylic oxidation sites excluding steroid dienone is 3. The molecule has 0 aliphatic heterocycles. The van der Waals surface area contributed by atoms with Gasteiger partial charge in [0.2, 0.25) is 0 Å². The monoisotopic (exact) mass is 470 g/mol. The van der Waals surface area contributed by atoms with Crippen molar-refractivity contribution < 1.29 is 9.76 Å². The maximum atomic E-state index is 10.5. The fraction of sp³-hybridized carbons (Fsp3) is 0.267. The van der Waals surface area contributed by atoms with Crippen LogP contribution in [0.4, 0.5) is 0 Å². The average molecular weight is 470 g/mol. The zero-order valence-electron chi connectivity index (χ0n) is 20.7. The first-order chi connectivity index (χ1) is 16.2. The van der Waals surface area contributed by atoms with Crippen molar-refractivity contribution in [3.63, 3.8) is 0 Å². The largest absolute Gasteiger partial charge is 0.427 e. The van der Waals surface area contributed by atoms with Crippen LogP contribution in [0.3, 0.4) is 0 Å². The van der Waals surface area contributed by atoms with Gasteiger partial charge < -0.3 is 9.76 Å². The van der Waals surface area contributed by atoms with Gasteiger partial charge in [-0.15, -0.1) is 10.0 Å². The Morgan fingerprint density at radius 1 is 0.765 bits per heavy atom. The van der Waals surface area contributed by atoms with E-state index in [9.17, 15) is 5.11 Å². The summed E-state index contributed by atoms with van der Waals surface area (Å²) in [6, 6.07) is 30.7. The molecule has 176 valence electrons. The summed E-state index contributed by atoms with van der Waals surface area (Å²) in [6.07, 6.45) is 9.21. The highest BCUT2D eigenvalue weighted by molar-refractivity contribution is 8.37. The molecule has 0 heterocycles. The second kappa shape index (κ2) is 9.99. The minimum absolute atomic E-state index is 0.443. The van der Waals surface area contributed by atoms with Gasteiger partial charge in [0.05, 0.1) is 11.2 Å². The molecule has 4 rings (SSSR count). The maximum absolute atomic E-state index is 10.5. The Kier molecular flexibility index (Phi) is 7.23. The van der Waals surface area contributed by atoms with E-state index < -0.39 is 21.2 Å². The minimum atomic E-state index is -1.67.